The molecule has 1 aromatic rings. The molecule has 0 bridgehead atoms. The van der Waals surface area contributed by atoms with Crippen molar-refractivity contribution in [3.05, 3.63) is 46.5 Å². The molecule has 1 saturated heterocycles. The second kappa shape index (κ2) is 8.27. The Bertz CT molecular complexity index is 665. The van der Waals surface area contributed by atoms with Crippen molar-refractivity contribution in [3.8, 4) is 0 Å². The fourth-order valence-corrected chi connectivity index (χ4v) is 2.50. The largest absolute Gasteiger partial charge is 0.458 e. The number of halogens is 4. The molecular formula is C16H14BrCl3O5. The van der Waals surface area contributed by atoms with E-state index in [4.69, 9.17) is 49.0 Å². The number of alkyl halides is 3. The maximum atomic E-state index is 12.2. The monoisotopic (exact) mass is 470 g/mol. The maximum absolute atomic E-state index is 12.2. The summed E-state index contributed by atoms with van der Waals surface area (Å²) in [4.78, 5) is 23.9. The topological polar surface area (TPSA) is 61.8 Å². The van der Waals surface area contributed by atoms with E-state index in [0.717, 1.165) is 10.0 Å². The fraction of sp³-hybridized carbons (Fsp3) is 0.375. The average molecular weight is 473 g/mol. The zero-order valence-electron chi connectivity index (χ0n) is 12.9. The van der Waals surface area contributed by atoms with Crippen LogP contribution in [0.3, 0.4) is 0 Å². The zero-order chi connectivity index (χ0) is 18.7. The SMILES string of the molecule is C=C(CC(=O)OC1(c2ccc(Br)cc2)COC1)C(=O)OCC(Cl)(Cl)Cl. The summed E-state index contributed by atoms with van der Waals surface area (Å²) in [7, 11) is 0. The van der Waals surface area contributed by atoms with Crippen LogP contribution in [0.5, 0.6) is 0 Å². The Labute approximate surface area is 168 Å². The number of carbonyl (C=O) groups is 2. The van der Waals surface area contributed by atoms with Crippen LogP contribution >= 0.6 is 50.7 Å². The number of benzene rings is 1. The first-order chi connectivity index (χ1) is 11.6. The summed E-state index contributed by atoms with van der Waals surface area (Å²) >= 11 is 19.8. The van der Waals surface area contributed by atoms with Gasteiger partial charge < -0.3 is 14.2 Å². The van der Waals surface area contributed by atoms with Crippen molar-refractivity contribution in [1.82, 2.24) is 0 Å². The Kier molecular flexibility index (Phi) is 6.79. The first-order valence-corrected chi connectivity index (χ1v) is 9.01. The lowest BCUT2D eigenvalue weighted by Gasteiger charge is -2.40. The Hall–Kier alpha value is -0.790. The van der Waals surface area contributed by atoms with Crippen LogP contribution in [0.2, 0.25) is 0 Å². The first kappa shape index (κ1) is 20.5. The zero-order valence-corrected chi connectivity index (χ0v) is 16.8. The highest BCUT2D eigenvalue weighted by molar-refractivity contribution is 9.10. The molecule has 1 aromatic carbocycles. The normalized spacial score (nSPS) is 15.8. The second-order valence-corrected chi connectivity index (χ2v) is 8.87. The molecule has 0 radical (unpaired) electrons. The number of rotatable bonds is 6. The van der Waals surface area contributed by atoms with E-state index in [1.807, 2.05) is 24.3 Å². The number of ether oxygens (including phenoxy) is 3. The van der Waals surface area contributed by atoms with Gasteiger partial charge in [-0.15, -0.1) is 0 Å². The fourth-order valence-electron chi connectivity index (χ4n) is 2.08. The molecule has 0 atom stereocenters. The molecule has 0 unspecified atom stereocenters. The number of carbonyl (C=O) groups excluding carboxylic acids is 2. The molecule has 1 aliphatic heterocycles. The Balaban J connectivity index is 1.93. The molecule has 136 valence electrons. The number of esters is 2. The molecule has 0 amide bonds. The van der Waals surface area contributed by atoms with Crippen molar-refractivity contribution in [2.24, 2.45) is 0 Å². The van der Waals surface area contributed by atoms with Gasteiger partial charge in [0, 0.05) is 15.6 Å². The van der Waals surface area contributed by atoms with E-state index in [2.05, 4.69) is 22.5 Å². The highest BCUT2D eigenvalue weighted by Gasteiger charge is 2.44. The van der Waals surface area contributed by atoms with Crippen LogP contribution in [0.25, 0.3) is 0 Å². The third-order valence-electron chi connectivity index (χ3n) is 3.36. The highest BCUT2D eigenvalue weighted by Crippen LogP contribution is 2.35. The smallest absolute Gasteiger partial charge is 0.334 e. The molecule has 0 aromatic heterocycles. The molecular weight excluding hydrogens is 458 g/mol. The average Bonchev–Trinajstić information content (AvgIpc) is 2.48. The molecule has 0 N–H and O–H groups in total. The van der Waals surface area contributed by atoms with Crippen molar-refractivity contribution in [2.75, 3.05) is 19.8 Å². The van der Waals surface area contributed by atoms with E-state index in [-0.39, 0.29) is 25.2 Å². The highest BCUT2D eigenvalue weighted by atomic mass is 79.9. The van der Waals surface area contributed by atoms with Crippen LogP contribution in [0, 0.1) is 0 Å². The summed E-state index contributed by atoms with van der Waals surface area (Å²) in [5.74, 6) is -1.45. The van der Waals surface area contributed by atoms with Crippen LogP contribution in [0.15, 0.2) is 40.9 Å². The molecule has 1 fully saturated rings. The molecule has 2 rings (SSSR count). The summed E-state index contributed by atoms with van der Waals surface area (Å²) in [5.41, 5.74) is -0.148. The van der Waals surface area contributed by atoms with E-state index >= 15 is 0 Å². The Morgan fingerprint density at radius 1 is 1.24 bits per heavy atom. The van der Waals surface area contributed by atoms with E-state index in [9.17, 15) is 9.59 Å². The standard InChI is InChI=1S/C16H14BrCl3O5/c1-10(14(22)24-9-16(18,19)20)6-13(21)25-15(7-23-8-15)11-2-4-12(17)5-3-11/h2-5H,1,6-9H2. The van der Waals surface area contributed by atoms with Crippen LogP contribution < -0.4 is 0 Å². The van der Waals surface area contributed by atoms with Gasteiger partial charge in [-0.3, -0.25) is 4.79 Å². The minimum absolute atomic E-state index is 0.0922. The summed E-state index contributed by atoms with van der Waals surface area (Å²) < 4.78 is 14.7. The molecule has 5 nitrogen and oxygen atoms in total. The van der Waals surface area contributed by atoms with Gasteiger partial charge >= 0.3 is 11.9 Å². The Morgan fingerprint density at radius 3 is 2.32 bits per heavy atom. The van der Waals surface area contributed by atoms with Gasteiger partial charge in [-0.2, -0.15) is 0 Å². The van der Waals surface area contributed by atoms with Crippen molar-refractivity contribution >= 4 is 62.7 Å². The first-order valence-electron chi connectivity index (χ1n) is 7.09. The van der Waals surface area contributed by atoms with Gasteiger partial charge in [0.05, 0.1) is 19.6 Å². The lowest BCUT2D eigenvalue weighted by Crippen LogP contribution is -2.50. The Morgan fingerprint density at radius 2 is 1.84 bits per heavy atom. The van der Waals surface area contributed by atoms with E-state index in [1.54, 1.807) is 0 Å². The van der Waals surface area contributed by atoms with Crippen LogP contribution in [-0.4, -0.2) is 35.6 Å². The summed E-state index contributed by atoms with van der Waals surface area (Å²) in [6.45, 7) is 3.55. The third-order valence-corrected chi connectivity index (χ3v) is 4.22. The van der Waals surface area contributed by atoms with Gasteiger partial charge in [-0.05, 0) is 12.1 Å². The molecule has 1 heterocycles. The molecule has 1 aliphatic rings. The van der Waals surface area contributed by atoms with Crippen molar-refractivity contribution in [3.63, 3.8) is 0 Å². The van der Waals surface area contributed by atoms with Gasteiger partial charge in [0.2, 0.25) is 3.79 Å². The predicted octanol–water partition coefficient (Wildman–Crippen LogP) is 4.08. The second-order valence-electron chi connectivity index (χ2n) is 5.44. The van der Waals surface area contributed by atoms with Crippen molar-refractivity contribution in [2.45, 2.75) is 15.8 Å². The third kappa shape index (κ3) is 5.86. The summed E-state index contributed by atoms with van der Waals surface area (Å²) in [6.07, 6.45) is -0.336. The van der Waals surface area contributed by atoms with Gasteiger partial charge in [0.15, 0.2) is 5.60 Å². The molecule has 25 heavy (non-hydrogen) atoms. The van der Waals surface area contributed by atoms with Crippen LogP contribution in [0.1, 0.15) is 12.0 Å². The summed E-state index contributed by atoms with van der Waals surface area (Å²) in [5, 5.41) is 0. The van der Waals surface area contributed by atoms with E-state index in [0.29, 0.717) is 0 Å². The molecule has 0 aliphatic carbocycles. The van der Waals surface area contributed by atoms with Crippen LogP contribution in [-0.2, 0) is 29.4 Å². The molecule has 9 heteroatoms. The van der Waals surface area contributed by atoms with Gasteiger partial charge in [0.1, 0.15) is 6.61 Å². The van der Waals surface area contributed by atoms with E-state index in [1.165, 1.54) is 0 Å². The van der Waals surface area contributed by atoms with Crippen molar-refractivity contribution < 1.29 is 23.8 Å². The van der Waals surface area contributed by atoms with Crippen molar-refractivity contribution in [1.29, 1.82) is 0 Å². The van der Waals surface area contributed by atoms with Crippen LogP contribution in [0.4, 0.5) is 0 Å². The summed E-state index contributed by atoms with van der Waals surface area (Å²) in [6, 6.07) is 7.36. The number of hydrogen-bond donors (Lipinski definition) is 0. The minimum Gasteiger partial charge on any atom is -0.458 e. The number of hydrogen-bond acceptors (Lipinski definition) is 5. The van der Waals surface area contributed by atoms with Gasteiger partial charge in [-0.25, -0.2) is 4.79 Å². The maximum Gasteiger partial charge on any atom is 0.334 e. The van der Waals surface area contributed by atoms with E-state index < -0.39 is 27.9 Å². The lowest BCUT2D eigenvalue weighted by molar-refractivity contribution is -0.218. The lowest BCUT2D eigenvalue weighted by atomic mass is 9.91. The van der Waals surface area contributed by atoms with Gasteiger partial charge in [0.25, 0.3) is 0 Å². The minimum atomic E-state index is -1.73. The quantitative estimate of drug-likeness (QED) is 0.355. The predicted molar refractivity (Wildman–Crippen MR) is 97.7 cm³/mol. The van der Waals surface area contributed by atoms with Gasteiger partial charge in [-0.1, -0.05) is 69.4 Å². The molecule has 0 spiro atoms. The molecule has 0 saturated carbocycles.